The second kappa shape index (κ2) is 6.41. The van der Waals surface area contributed by atoms with Crippen molar-refractivity contribution >= 4 is 23.1 Å². The number of anilines is 1. The fraction of sp³-hybridized carbons (Fsp3) is 0.467. The summed E-state index contributed by atoms with van der Waals surface area (Å²) in [7, 11) is 0. The molecule has 1 unspecified atom stereocenters. The lowest BCUT2D eigenvalue weighted by Gasteiger charge is -2.16. The van der Waals surface area contributed by atoms with Crippen LogP contribution in [0.1, 0.15) is 26.7 Å². The van der Waals surface area contributed by atoms with Gasteiger partial charge in [-0.25, -0.2) is 0 Å². The van der Waals surface area contributed by atoms with E-state index in [0.717, 1.165) is 17.5 Å². The quantitative estimate of drug-likeness (QED) is 0.810. The first kappa shape index (κ1) is 14.4. The van der Waals surface area contributed by atoms with Gasteiger partial charge in [0, 0.05) is 13.0 Å². The van der Waals surface area contributed by atoms with Gasteiger partial charge in [-0.3, -0.25) is 4.79 Å². The van der Waals surface area contributed by atoms with Crippen LogP contribution in [-0.2, 0) is 4.79 Å². The Morgan fingerprint density at radius 2 is 2.15 bits per heavy atom. The maximum Gasteiger partial charge on any atom is 0.303 e. The number of oxazole rings is 1. The summed E-state index contributed by atoms with van der Waals surface area (Å²) in [5.41, 5.74) is 1.53. The number of carboxylic acid groups (broad SMARTS) is 1. The van der Waals surface area contributed by atoms with E-state index in [2.05, 4.69) is 24.1 Å². The molecule has 1 heterocycles. The molecule has 5 heteroatoms. The Bertz CT molecular complexity index is 544. The van der Waals surface area contributed by atoms with Gasteiger partial charge in [0.25, 0.3) is 6.01 Å². The summed E-state index contributed by atoms with van der Waals surface area (Å²) >= 11 is 0. The number of benzene rings is 1. The molecule has 2 aromatic rings. The molecule has 1 atom stereocenters. The molecule has 20 heavy (non-hydrogen) atoms. The Morgan fingerprint density at radius 3 is 2.80 bits per heavy atom. The number of carbonyl (C=O) groups is 1. The fourth-order valence-electron chi connectivity index (χ4n) is 2.33. The van der Waals surface area contributed by atoms with Crippen molar-refractivity contribution in [2.45, 2.75) is 26.7 Å². The van der Waals surface area contributed by atoms with Crippen molar-refractivity contribution in [3.05, 3.63) is 24.3 Å². The molecule has 0 spiro atoms. The van der Waals surface area contributed by atoms with Gasteiger partial charge < -0.3 is 14.8 Å². The number of fused-ring (bicyclic) bond motifs is 1. The zero-order chi connectivity index (χ0) is 14.5. The first-order chi connectivity index (χ1) is 9.54. The second-order valence-electron chi connectivity index (χ2n) is 5.46. The van der Waals surface area contributed by atoms with Crippen LogP contribution in [-0.4, -0.2) is 22.6 Å². The van der Waals surface area contributed by atoms with Crippen LogP contribution in [0.25, 0.3) is 11.1 Å². The van der Waals surface area contributed by atoms with E-state index in [9.17, 15) is 4.79 Å². The molecule has 1 aromatic heterocycles. The standard InChI is InChI=1S/C15H20N2O3/c1-10(2)7-11(8-14(18)19)9-16-15-17-12-5-3-4-6-13(12)20-15/h3-6,10-11H,7-9H2,1-2H3,(H,16,17)(H,18,19). The molecule has 2 rings (SSSR count). The minimum Gasteiger partial charge on any atom is -0.481 e. The number of nitrogens with one attached hydrogen (secondary N) is 1. The number of carboxylic acids is 1. The van der Waals surface area contributed by atoms with Crippen LogP contribution in [0.3, 0.4) is 0 Å². The number of hydrogen-bond acceptors (Lipinski definition) is 4. The third-order valence-corrected chi connectivity index (χ3v) is 3.10. The van der Waals surface area contributed by atoms with E-state index in [-0.39, 0.29) is 12.3 Å². The Balaban J connectivity index is 1.98. The maximum absolute atomic E-state index is 10.9. The number of hydrogen-bond donors (Lipinski definition) is 2. The Labute approximate surface area is 118 Å². The molecule has 0 radical (unpaired) electrons. The zero-order valence-electron chi connectivity index (χ0n) is 11.8. The largest absolute Gasteiger partial charge is 0.481 e. The highest BCUT2D eigenvalue weighted by atomic mass is 16.4. The zero-order valence-corrected chi connectivity index (χ0v) is 11.8. The minimum absolute atomic E-state index is 0.0718. The van der Waals surface area contributed by atoms with Gasteiger partial charge in [0.15, 0.2) is 5.58 Å². The van der Waals surface area contributed by atoms with Crippen molar-refractivity contribution in [2.24, 2.45) is 11.8 Å². The molecule has 0 saturated carbocycles. The van der Waals surface area contributed by atoms with Crippen LogP contribution in [0.15, 0.2) is 28.7 Å². The minimum atomic E-state index is -0.769. The molecule has 5 nitrogen and oxygen atoms in total. The molecular formula is C15H20N2O3. The van der Waals surface area contributed by atoms with E-state index in [4.69, 9.17) is 9.52 Å². The summed E-state index contributed by atoms with van der Waals surface area (Å²) in [6, 6.07) is 7.98. The molecule has 0 bridgehead atoms. The first-order valence-electron chi connectivity index (χ1n) is 6.86. The van der Waals surface area contributed by atoms with E-state index in [1.54, 1.807) is 0 Å². The van der Waals surface area contributed by atoms with Gasteiger partial charge in [-0.05, 0) is 30.4 Å². The highest BCUT2D eigenvalue weighted by molar-refractivity contribution is 5.74. The Hall–Kier alpha value is -2.04. The van der Waals surface area contributed by atoms with Crippen LogP contribution >= 0.6 is 0 Å². The number of nitrogens with zero attached hydrogens (tertiary/aromatic N) is 1. The van der Waals surface area contributed by atoms with Crippen molar-refractivity contribution in [1.29, 1.82) is 0 Å². The molecule has 0 saturated heterocycles. The number of para-hydroxylation sites is 2. The van der Waals surface area contributed by atoms with Crippen LogP contribution in [0, 0.1) is 11.8 Å². The predicted octanol–water partition coefficient (Wildman–Crippen LogP) is 3.38. The van der Waals surface area contributed by atoms with Crippen molar-refractivity contribution in [2.75, 3.05) is 11.9 Å². The summed E-state index contributed by atoms with van der Waals surface area (Å²) in [6.45, 7) is 4.74. The molecule has 2 N–H and O–H groups in total. The number of aromatic nitrogens is 1. The summed E-state index contributed by atoms with van der Waals surface area (Å²) in [4.78, 5) is 15.2. The van der Waals surface area contributed by atoms with Gasteiger partial charge in [0.1, 0.15) is 5.52 Å². The first-order valence-corrected chi connectivity index (χ1v) is 6.86. The smallest absolute Gasteiger partial charge is 0.303 e. The van der Waals surface area contributed by atoms with E-state index < -0.39 is 5.97 Å². The van der Waals surface area contributed by atoms with Gasteiger partial charge >= 0.3 is 5.97 Å². The molecular weight excluding hydrogens is 256 g/mol. The van der Waals surface area contributed by atoms with Crippen molar-refractivity contribution in [3.63, 3.8) is 0 Å². The molecule has 0 aliphatic rings. The SMILES string of the molecule is CC(C)CC(CNc1nc2ccccc2o1)CC(=O)O. The lowest BCUT2D eigenvalue weighted by molar-refractivity contribution is -0.138. The van der Waals surface area contributed by atoms with E-state index >= 15 is 0 Å². The topological polar surface area (TPSA) is 75.4 Å². The van der Waals surface area contributed by atoms with Crippen molar-refractivity contribution in [3.8, 4) is 0 Å². The average Bonchev–Trinajstić information content (AvgIpc) is 2.77. The van der Waals surface area contributed by atoms with E-state index in [0.29, 0.717) is 18.5 Å². The summed E-state index contributed by atoms with van der Waals surface area (Å²) in [5, 5.41) is 12.0. The van der Waals surface area contributed by atoms with Gasteiger partial charge in [-0.15, -0.1) is 0 Å². The monoisotopic (exact) mass is 276 g/mol. The van der Waals surface area contributed by atoms with Crippen LogP contribution in [0.4, 0.5) is 6.01 Å². The van der Waals surface area contributed by atoms with Gasteiger partial charge in [0.05, 0.1) is 0 Å². The van der Waals surface area contributed by atoms with E-state index in [1.165, 1.54) is 0 Å². The van der Waals surface area contributed by atoms with Crippen molar-refractivity contribution in [1.82, 2.24) is 4.98 Å². The van der Waals surface area contributed by atoms with Gasteiger partial charge in [-0.2, -0.15) is 4.98 Å². The highest BCUT2D eigenvalue weighted by Gasteiger charge is 2.16. The highest BCUT2D eigenvalue weighted by Crippen LogP contribution is 2.20. The molecule has 108 valence electrons. The summed E-state index contributed by atoms with van der Waals surface area (Å²) in [5.74, 6) is -0.234. The predicted molar refractivity (Wildman–Crippen MR) is 77.7 cm³/mol. The molecule has 0 amide bonds. The summed E-state index contributed by atoms with van der Waals surface area (Å²) < 4.78 is 5.56. The number of aliphatic carboxylic acids is 1. The lowest BCUT2D eigenvalue weighted by atomic mass is 9.94. The Kier molecular flexibility index (Phi) is 4.61. The van der Waals surface area contributed by atoms with Crippen LogP contribution in [0.5, 0.6) is 0 Å². The van der Waals surface area contributed by atoms with Crippen LogP contribution < -0.4 is 5.32 Å². The second-order valence-corrected chi connectivity index (χ2v) is 5.46. The van der Waals surface area contributed by atoms with Crippen molar-refractivity contribution < 1.29 is 14.3 Å². The average molecular weight is 276 g/mol. The van der Waals surface area contributed by atoms with Gasteiger partial charge in [-0.1, -0.05) is 26.0 Å². The maximum atomic E-state index is 10.9. The lowest BCUT2D eigenvalue weighted by Crippen LogP contribution is -2.19. The van der Waals surface area contributed by atoms with E-state index in [1.807, 2.05) is 24.3 Å². The molecule has 1 aromatic carbocycles. The normalized spacial score (nSPS) is 12.8. The van der Waals surface area contributed by atoms with Crippen LogP contribution in [0.2, 0.25) is 0 Å². The molecule has 0 fully saturated rings. The van der Waals surface area contributed by atoms with Gasteiger partial charge in [0.2, 0.25) is 0 Å². The molecule has 0 aliphatic heterocycles. The fourth-order valence-corrected chi connectivity index (χ4v) is 2.33. The number of rotatable bonds is 7. The Morgan fingerprint density at radius 1 is 1.40 bits per heavy atom. The third-order valence-electron chi connectivity index (χ3n) is 3.10. The molecule has 0 aliphatic carbocycles. The summed E-state index contributed by atoms with van der Waals surface area (Å²) in [6.07, 6.45) is 1.02. The third kappa shape index (κ3) is 3.98.